The fourth-order valence-corrected chi connectivity index (χ4v) is 2.24. The van der Waals surface area contributed by atoms with Crippen LogP contribution in [0.3, 0.4) is 0 Å². The van der Waals surface area contributed by atoms with Gasteiger partial charge in [0.25, 0.3) is 5.91 Å². The zero-order valence-corrected chi connectivity index (χ0v) is 12.6. The lowest BCUT2D eigenvalue weighted by atomic mass is 10.0. The average molecular weight is 286 g/mol. The highest BCUT2D eigenvalue weighted by molar-refractivity contribution is 6.06. The van der Waals surface area contributed by atoms with Gasteiger partial charge in [-0.25, -0.2) is 0 Å². The summed E-state index contributed by atoms with van der Waals surface area (Å²) in [6, 6.07) is 13.7. The van der Waals surface area contributed by atoms with Gasteiger partial charge in [-0.2, -0.15) is 0 Å². The highest BCUT2D eigenvalue weighted by atomic mass is 16.5. The van der Waals surface area contributed by atoms with Gasteiger partial charge in [-0.15, -0.1) is 0 Å². The Hall–Kier alpha value is -1.91. The van der Waals surface area contributed by atoms with Crippen molar-refractivity contribution in [2.24, 2.45) is 0 Å². The van der Waals surface area contributed by atoms with E-state index in [-0.39, 0.29) is 5.91 Å². The number of hydrogen-bond acceptors (Lipinski definition) is 3. The molecule has 0 saturated carbocycles. The summed E-state index contributed by atoms with van der Waals surface area (Å²) < 4.78 is 5.03. The second-order valence-electron chi connectivity index (χ2n) is 5.08. The molecular weight excluding hydrogens is 264 g/mol. The van der Waals surface area contributed by atoms with Crippen LogP contribution in [0, 0.1) is 0 Å². The van der Waals surface area contributed by atoms with Crippen molar-refractivity contribution < 1.29 is 9.53 Å². The van der Waals surface area contributed by atoms with Crippen molar-refractivity contribution in [2.75, 3.05) is 40.4 Å². The maximum absolute atomic E-state index is 12.3. The number of likely N-dealkylation sites (N-methyl/N-ethyl adjacent to an activating group) is 1. The minimum atomic E-state index is -0.0214. The van der Waals surface area contributed by atoms with Crippen LogP contribution in [0.1, 0.15) is 10.4 Å². The zero-order valence-electron chi connectivity index (χ0n) is 12.6. The van der Waals surface area contributed by atoms with Crippen molar-refractivity contribution >= 4 is 16.7 Å². The van der Waals surface area contributed by atoms with Crippen LogP contribution in [0.5, 0.6) is 0 Å². The number of nitrogens with one attached hydrogen (secondary N) is 1. The number of benzene rings is 2. The molecule has 1 N–H and O–H groups in total. The summed E-state index contributed by atoms with van der Waals surface area (Å²) >= 11 is 0. The highest BCUT2D eigenvalue weighted by Crippen LogP contribution is 2.18. The smallest absolute Gasteiger partial charge is 0.251 e. The molecular formula is C17H22N2O2. The molecule has 0 aliphatic rings. The van der Waals surface area contributed by atoms with E-state index in [4.69, 9.17) is 4.74 Å². The Kier molecular flexibility index (Phi) is 5.72. The molecule has 1 amide bonds. The Morgan fingerprint density at radius 2 is 1.90 bits per heavy atom. The molecule has 2 aromatic rings. The molecule has 4 nitrogen and oxygen atoms in total. The minimum absolute atomic E-state index is 0.0214. The number of hydrogen-bond donors (Lipinski definition) is 1. The summed E-state index contributed by atoms with van der Waals surface area (Å²) in [6.45, 7) is 3.00. The van der Waals surface area contributed by atoms with Crippen LogP contribution in [0.4, 0.5) is 0 Å². The molecule has 0 atom stereocenters. The highest BCUT2D eigenvalue weighted by Gasteiger charge is 2.09. The van der Waals surface area contributed by atoms with Crippen LogP contribution >= 0.6 is 0 Å². The molecule has 0 fully saturated rings. The van der Waals surface area contributed by atoms with Crippen LogP contribution in [0.25, 0.3) is 10.8 Å². The van der Waals surface area contributed by atoms with E-state index < -0.39 is 0 Å². The Bertz CT molecular complexity index is 593. The third-order valence-corrected chi connectivity index (χ3v) is 3.49. The maximum Gasteiger partial charge on any atom is 0.251 e. The normalized spacial score (nSPS) is 11.0. The number of nitrogens with zero attached hydrogens (tertiary/aromatic N) is 1. The van der Waals surface area contributed by atoms with Crippen LogP contribution in [-0.4, -0.2) is 51.2 Å². The number of carbonyl (C=O) groups is 1. The predicted octanol–water partition coefficient (Wildman–Crippen LogP) is 2.15. The zero-order chi connectivity index (χ0) is 15.1. The monoisotopic (exact) mass is 286 g/mol. The van der Waals surface area contributed by atoms with Gasteiger partial charge in [0.2, 0.25) is 0 Å². The van der Waals surface area contributed by atoms with E-state index in [9.17, 15) is 4.79 Å². The summed E-state index contributed by atoms with van der Waals surface area (Å²) in [7, 11) is 3.71. The number of methoxy groups -OCH3 is 1. The second-order valence-corrected chi connectivity index (χ2v) is 5.08. The lowest BCUT2D eigenvalue weighted by Crippen LogP contribution is -2.34. The van der Waals surface area contributed by atoms with Gasteiger partial charge in [0.05, 0.1) is 6.61 Å². The molecule has 4 heteroatoms. The van der Waals surface area contributed by atoms with Crippen LogP contribution in [0.15, 0.2) is 42.5 Å². The molecule has 0 heterocycles. The molecule has 0 spiro atoms. The summed E-state index contributed by atoms with van der Waals surface area (Å²) in [5.41, 5.74) is 0.729. The molecule has 112 valence electrons. The van der Waals surface area contributed by atoms with E-state index in [1.165, 1.54) is 0 Å². The first-order chi connectivity index (χ1) is 10.2. The number of ether oxygens (including phenoxy) is 1. The lowest BCUT2D eigenvalue weighted by Gasteiger charge is -2.16. The Morgan fingerprint density at radius 1 is 1.14 bits per heavy atom. The number of amides is 1. The van der Waals surface area contributed by atoms with Crippen LogP contribution in [0.2, 0.25) is 0 Å². The third-order valence-electron chi connectivity index (χ3n) is 3.49. The van der Waals surface area contributed by atoms with E-state index in [1.807, 2.05) is 49.5 Å². The van der Waals surface area contributed by atoms with E-state index in [2.05, 4.69) is 10.2 Å². The molecule has 0 aliphatic heterocycles. The summed E-state index contributed by atoms with van der Waals surface area (Å²) in [6.07, 6.45) is 0. The SMILES string of the molecule is COCCN(C)CCNC(=O)c1cccc2ccccc12. The Labute approximate surface area is 125 Å². The summed E-state index contributed by atoms with van der Waals surface area (Å²) in [4.78, 5) is 14.4. The summed E-state index contributed by atoms with van der Waals surface area (Å²) in [5.74, 6) is -0.0214. The first-order valence-corrected chi connectivity index (χ1v) is 7.16. The quantitative estimate of drug-likeness (QED) is 0.848. The molecule has 0 aliphatic carbocycles. The lowest BCUT2D eigenvalue weighted by molar-refractivity contribution is 0.0949. The predicted molar refractivity (Wildman–Crippen MR) is 85.7 cm³/mol. The molecule has 2 aromatic carbocycles. The van der Waals surface area contributed by atoms with Crippen LogP contribution in [-0.2, 0) is 4.74 Å². The first kappa shape index (κ1) is 15.5. The van der Waals surface area contributed by atoms with Gasteiger partial charge < -0.3 is 15.0 Å². The fraction of sp³-hybridized carbons (Fsp3) is 0.353. The van der Waals surface area contributed by atoms with Crippen molar-refractivity contribution in [3.8, 4) is 0 Å². The molecule has 0 unspecified atom stereocenters. The van der Waals surface area contributed by atoms with Gasteiger partial charge in [-0.05, 0) is 23.9 Å². The molecule has 21 heavy (non-hydrogen) atoms. The fourth-order valence-electron chi connectivity index (χ4n) is 2.24. The van der Waals surface area contributed by atoms with Crippen LogP contribution < -0.4 is 5.32 Å². The van der Waals surface area contributed by atoms with Gasteiger partial charge in [0, 0.05) is 32.3 Å². The topological polar surface area (TPSA) is 41.6 Å². The van der Waals surface area contributed by atoms with E-state index in [0.717, 1.165) is 29.4 Å². The largest absolute Gasteiger partial charge is 0.383 e. The number of carbonyl (C=O) groups excluding carboxylic acids is 1. The maximum atomic E-state index is 12.3. The average Bonchev–Trinajstić information content (AvgIpc) is 2.52. The number of rotatable bonds is 7. The second kappa shape index (κ2) is 7.76. The van der Waals surface area contributed by atoms with Gasteiger partial charge in [0.1, 0.15) is 0 Å². The van der Waals surface area contributed by atoms with Gasteiger partial charge in [-0.3, -0.25) is 4.79 Å². The van der Waals surface area contributed by atoms with Gasteiger partial charge in [-0.1, -0.05) is 36.4 Å². The Balaban J connectivity index is 1.94. The van der Waals surface area contributed by atoms with E-state index >= 15 is 0 Å². The molecule has 0 aromatic heterocycles. The minimum Gasteiger partial charge on any atom is -0.383 e. The first-order valence-electron chi connectivity index (χ1n) is 7.16. The van der Waals surface area contributed by atoms with E-state index in [0.29, 0.717) is 13.2 Å². The third kappa shape index (κ3) is 4.28. The van der Waals surface area contributed by atoms with Crippen molar-refractivity contribution in [2.45, 2.75) is 0 Å². The number of fused-ring (bicyclic) bond motifs is 1. The summed E-state index contributed by atoms with van der Waals surface area (Å²) in [5, 5.41) is 5.05. The Morgan fingerprint density at radius 3 is 2.71 bits per heavy atom. The van der Waals surface area contributed by atoms with Crippen molar-refractivity contribution in [1.82, 2.24) is 10.2 Å². The molecule has 2 rings (SSSR count). The van der Waals surface area contributed by atoms with Crippen molar-refractivity contribution in [3.63, 3.8) is 0 Å². The molecule has 0 saturated heterocycles. The molecule has 0 radical (unpaired) electrons. The standard InChI is InChI=1S/C17H22N2O2/c1-19(12-13-21-2)11-10-18-17(20)16-9-5-7-14-6-3-4-8-15(14)16/h3-9H,10-13H2,1-2H3,(H,18,20). The van der Waals surface area contributed by atoms with E-state index in [1.54, 1.807) is 7.11 Å². The van der Waals surface area contributed by atoms with Gasteiger partial charge in [0.15, 0.2) is 0 Å². The van der Waals surface area contributed by atoms with Crippen molar-refractivity contribution in [1.29, 1.82) is 0 Å². The molecule has 0 bridgehead atoms. The van der Waals surface area contributed by atoms with Gasteiger partial charge >= 0.3 is 0 Å². The van der Waals surface area contributed by atoms with Crippen molar-refractivity contribution in [3.05, 3.63) is 48.0 Å².